The van der Waals surface area contributed by atoms with Crippen LogP contribution in [0.25, 0.3) is 0 Å². The van der Waals surface area contributed by atoms with Gasteiger partial charge in [0.15, 0.2) is 0 Å². The Labute approximate surface area is 99.3 Å². The van der Waals surface area contributed by atoms with Crippen molar-refractivity contribution in [3.05, 3.63) is 59.9 Å². The minimum atomic E-state index is -0.907. The lowest BCUT2D eigenvalue weighted by molar-refractivity contribution is 0.190. The van der Waals surface area contributed by atoms with Crippen molar-refractivity contribution >= 4 is 0 Å². The van der Waals surface area contributed by atoms with E-state index in [-0.39, 0.29) is 5.56 Å². The maximum atomic E-state index is 13.6. The third-order valence-corrected chi connectivity index (χ3v) is 2.40. The van der Waals surface area contributed by atoms with Gasteiger partial charge >= 0.3 is 0 Å². The highest BCUT2D eigenvalue weighted by molar-refractivity contribution is 5.39. The van der Waals surface area contributed by atoms with Gasteiger partial charge in [-0.2, -0.15) is 0 Å². The second kappa shape index (κ2) is 4.97. The van der Waals surface area contributed by atoms with Gasteiger partial charge in [-0.05, 0) is 31.2 Å². The smallest absolute Gasteiger partial charge is 0.136 e. The van der Waals surface area contributed by atoms with Gasteiger partial charge in [-0.25, -0.2) is 4.39 Å². The van der Waals surface area contributed by atoms with Gasteiger partial charge in [0.1, 0.15) is 17.3 Å². The van der Waals surface area contributed by atoms with Gasteiger partial charge in [-0.3, -0.25) is 0 Å². The zero-order valence-corrected chi connectivity index (χ0v) is 9.43. The third-order valence-electron chi connectivity index (χ3n) is 2.40. The Morgan fingerprint density at radius 2 is 1.76 bits per heavy atom. The molecular weight excluding hydrogens is 219 g/mol. The fourth-order valence-electron chi connectivity index (χ4n) is 1.63. The Hall–Kier alpha value is -1.87. The summed E-state index contributed by atoms with van der Waals surface area (Å²) >= 11 is 0. The van der Waals surface area contributed by atoms with Crippen LogP contribution in [0.3, 0.4) is 0 Å². The Balaban J connectivity index is 2.36. The molecule has 0 aliphatic heterocycles. The molecule has 0 amide bonds. The molecular formula is C14H13FO2. The summed E-state index contributed by atoms with van der Waals surface area (Å²) in [5, 5.41) is 9.54. The van der Waals surface area contributed by atoms with E-state index in [1.165, 1.54) is 13.0 Å². The number of hydrogen-bond acceptors (Lipinski definition) is 2. The molecule has 0 aliphatic carbocycles. The SMILES string of the molecule is C[C@H](O)c1c(F)cccc1Oc1ccccc1. The Kier molecular flexibility index (Phi) is 3.40. The quantitative estimate of drug-likeness (QED) is 0.874. The van der Waals surface area contributed by atoms with Gasteiger partial charge < -0.3 is 9.84 Å². The van der Waals surface area contributed by atoms with Crippen LogP contribution in [0.1, 0.15) is 18.6 Å². The topological polar surface area (TPSA) is 29.5 Å². The molecule has 0 saturated heterocycles. The van der Waals surface area contributed by atoms with E-state index < -0.39 is 11.9 Å². The normalized spacial score (nSPS) is 12.2. The lowest BCUT2D eigenvalue weighted by Gasteiger charge is -2.13. The van der Waals surface area contributed by atoms with Gasteiger partial charge in [0.05, 0.1) is 11.7 Å². The van der Waals surface area contributed by atoms with E-state index in [2.05, 4.69) is 0 Å². The fraction of sp³-hybridized carbons (Fsp3) is 0.143. The van der Waals surface area contributed by atoms with E-state index in [1.807, 2.05) is 18.2 Å². The molecule has 2 aromatic carbocycles. The number of para-hydroxylation sites is 1. The first-order chi connectivity index (χ1) is 8.18. The van der Waals surface area contributed by atoms with Crippen LogP contribution in [0, 0.1) is 5.82 Å². The highest BCUT2D eigenvalue weighted by Crippen LogP contribution is 2.31. The summed E-state index contributed by atoms with van der Waals surface area (Å²) in [7, 11) is 0. The first-order valence-electron chi connectivity index (χ1n) is 5.38. The number of hydrogen-bond donors (Lipinski definition) is 1. The minimum Gasteiger partial charge on any atom is -0.457 e. The van der Waals surface area contributed by atoms with Crippen molar-refractivity contribution in [1.82, 2.24) is 0 Å². The zero-order chi connectivity index (χ0) is 12.3. The molecule has 0 aliphatic rings. The van der Waals surface area contributed by atoms with Gasteiger partial charge in [0.25, 0.3) is 0 Å². The average Bonchev–Trinajstić information content (AvgIpc) is 2.30. The van der Waals surface area contributed by atoms with Crippen molar-refractivity contribution in [2.75, 3.05) is 0 Å². The summed E-state index contributed by atoms with van der Waals surface area (Å²) in [5.74, 6) is 0.486. The summed E-state index contributed by atoms with van der Waals surface area (Å²) in [5.41, 5.74) is 0.177. The van der Waals surface area contributed by atoms with Gasteiger partial charge in [0.2, 0.25) is 0 Å². The van der Waals surface area contributed by atoms with Crippen LogP contribution in [0.4, 0.5) is 4.39 Å². The summed E-state index contributed by atoms with van der Waals surface area (Å²) < 4.78 is 19.1. The number of aliphatic hydroxyl groups excluding tert-OH is 1. The molecule has 0 fully saturated rings. The van der Waals surface area contributed by atoms with Crippen LogP contribution in [0.5, 0.6) is 11.5 Å². The molecule has 0 saturated carbocycles. The van der Waals surface area contributed by atoms with Gasteiger partial charge in [0, 0.05) is 0 Å². The Morgan fingerprint density at radius 3 is 2.41 bits per heavy atom. The van der Waals surface area contributed by atoms with Gasteiger partial charge in [-0.1, -0.05) is 24.3 Å². The fourth-order valence-corrected chi connectivity index (χ4v) is 1.63. The lowest BCUT2D eigenvalue weighted by Crippen LogP contribution is -1.99. The van der Waals surface area contributed by atoms with Crippen molar-refractivity contribution in [2.24, 2.45) is 0 Å². The molecule has 1 N–H and O–H groups in total. The van der Waals surface area contributed by atoms with E-state index in [1.54, 1.807) is 24.3 Å². The lowest BCUT2D eigenvalue weighted by atomic mass is 10.1. The number of benzene rings is 2. The van der Waals surface area contributed by atoms with E-state index in [4.69, 9.17) is 4.74 Å². The monoisotopic (exact) mass is 232 g/mol. The molecule has 0 radical (unpaired) electrons. The molecule has 0 bridgehead atoms. The van der Waals surface area contributed by atoms with Crippen LogP contribution >= 0.6 is 0 Å². The van der Waals surface area contributed by atoms with Crippen molar-refractivity contribution in [2.45, 2.75) is 13.0 Å². The van der Waals surface area contributed by atoms with Crippen LogP contribution in [0.2, 0.25) is 0 Å². The van der Waals surface area contributed by atoms with Crippen molar-refractivity contribution in [3.8, 4) is 11.5 Å². The van der Waals surface area contributed by atoms with E-state index in [0.29, 0.717) is 11.5 Å². The van der Waals surface area contributed by atoms with Crippen LogP contribution < -0.4 is 4.74 Å². The largest absolute Gasteiger partial charge is 0.457 e. The highest BCUT2D eigenvalue weighted by atomic mass is 19.1. The molecule has 0 aromatic heterocycles. The summed E-state index contributed by atoms with van der Waals surface area (Å²) in [4.78, 5) is 0. The van der Waals surface area contributed by atoms with Crippen LogP contribution in [0.15, 0.2) is 48.5 Å². The average molecular weight is 232 g/mol. The Morgan fingerprint density at radius 1 is 1.06 bits per heavy atom. The predicted molar refractivity (Wildman–Crippen MR) is 63.5 cm³/mol. The Bertz CT molecular complexity index is 495. The molecule has 2 nitrogen and oxygen atoms in total. The predicted octanol–water partition coefficient (Wildman–Crippen LogP) is 3.67. The summed E-state index contributed by atoms with van der Waals surface area (Å²) in [6.07, 6.45) is -0.907. The van der Waals surface area contributed by atoms with E-state index in [0.717, 1.165) is 0 Å². The molecule has 0 spiro atoms. The highest BCUT2D eigenvalue weighted by Gasteiger charge is 2.14. The van der Waals surface area contributed by atoms with Crippen LogP contribution in [-0.4, -0.2) is 5.11 Å². The maximum Gasteiger partial charge on any atom is 0.136 e. The van der Waals surface area contributed by atoms with E-state index >= 15 is 0 Å². The third kappa shape index (κ3) is 2.63. The molecule has 17 heavy (non-hydrogen) atoms. The molecule has 0 heterocycles. The first-order valence-corrected chi connectivity index (χ1v) is 5.38. The van der Waals surface area contributed by atoms with Crippen LogP contribution in [-0.2, 0) is 0 Å². The molecule has 0 unspecified atom stereocenters. The molecule has 2 aromatic rings. The number of aliphatic hydroxyl groups is 1. The standard InChI is InChI=1S/C14H13FO2/c1-10(16)14-12(15)8-5-9-13(14)17-11-6-3-2-4-7-11/h2-10,16H,1H3/t10-/m0/s1. The first kappa shape index (κ1) is 11.6. The number of rotatable bonds is 3. The molecule has 2 rings (SSSR count). The second-order valence-electron chi connectivity index (χ2n) is 3.74. The summed E-state index contributed by atoms with van der Waals surface area (Å²) in [6, 6.07) is 13.6. The summed E-state index contributed by atoms with van der Waals surface area (Å²) in [6.45, 7) is 1.51. The maximum absolute atomic E-state index is 13.6. The zero-order valence-electron chi connectivity index (χ0n) is 9.43. The van der Waals surface area contributed by atoms with Crippen molar-refractivity contribution < 1.29 is 14.2 Å². The van der Waals surface area contributed by atoms with Crippen molar-refractivity contribution in [3.63, 3.8) is 0 Å². The molecule has 88 valence electrons. The minimum absolute atomic E-state index is 0.177. The second-order valence-corrected chi connectivity index (χ2v) is 3.74. The number of halogens is 1. The van der Waals surface area contributed by atoms with Crippen molar-refractivity contribution in [1.29, 1.82) is 0 Å². The van der Waals surface area contributed by atoms with E-state index in [9.17, 15) is 9.50 Å². The molecule has 1 atom stereocenters. The van der Waals surface area contributed by atoms with Gasteiger partial charge in [-0.15, -0.1) is 0 Å². The molecule has 3 heteroatoms. The number of ether oxygens (including phenoxy) is 1.